The van der Waals surface area contributed by atoms with Gasteiger partial charge in [-0.1, -0.05) is 86.0 Å². The Hall–Kier alpha value is -4.67. The molecule has 1 fully saturated rings. The maximum atomic E-state index is 14.3. The lowest BCUT2D eigenvalue weighted by atomic mass is 9.95. The predicted molar refractivity (Wildman–Crippen MR) is 183 cm³/mol. The van der Waals surface area contributed by atoms with Gasteiger partial charge in [-0.05, 0) is 60.4 Å². The van der Waals surface area contributed by atoms with Crippen molar-refractivity contribution in [1.29, 1.82) is 0 Å². The minimum Gasteiger partial charge on any atom is -0.497 e. The van der Waals surface area contributed by atoms with Crippen LogP contribution in [0.4, 0.5) is 0 Å². The van der Waals surface area contributed by atoms with E-state index in [1.807, 2.05) is 42.5 Å². The van der Waals surface area contributed by atoms with E-state index in [2.05, 4.69) is 0 Å². The van der Waals surface area contributed by atoms with E-state index in [1.165, 1.54) is 9.13 Å². The number of aromatic nitrogens is 2. The maximum absolute atomic E-state index is 14.3. The summed E-state index contributed by atoms with van der Waals surface area (Å²) in [7, 11) is -2.28. The summed E-state index contributed by atoms with van der Waals surface area (Å²) in [5.41, 5.74) is 1.06. The van der Waals surface area contributed by atoms with Crippen molar-refractivity contribution in [2.75, 3.05) is 13.7 Å². The Morgan fingerprint density at radius 3 is 2.13 bits per heavy atom. The molecule has 1 aliphatic rings. The van der Waals surface area contributed by atoms with E-state index in [9.17, 15) is 18.0 Å². The van der Waals surface area contributed by atoms with Crippen molar-refractivity contribution in [2.45, 2.75) is 62.7 Å². The molecule has 4 aromatic carbocycles. The van der Waals surface area contributed by atoms with Gasteiger partial charge >= 0.3 is 5.69 Å². The molecule has 0 aliphatic heterocycles. The van der Waals surface area contributed by atoms with Crippen molar-refractivity contribution in [3.05, 3.63) is 135 Å². The van der Waals surface area contributed by atoms with Gasteiger partial charge in [0.25, 0.3) is 5.56 Å². The first-order valence-corrected chi connectivity index (χ1v) is 17.4. The summed E-state index contributed by atoms with van der Waals surface area (Å²) < 4.78 is 44.0. The van der Waals surface area contributed by atoms with E-state index < -0.39 is 21.3 Å². The number of benzene rings is 4. The van der Waals surface area contributed by atoms with Crippen LogP contribution in [0.25, 0.3) is 10.9 Å². The number of hydrogen-bond donors (Lipinski definition) is 0. The van der Waals surface area contributed by atoms with Crippen LogP contribution in [0.1, 0.15) is 43.2 Å². The van der Waals surface area contributed by atoms with Crippen molar-refractivity contribution in [3.8, 4) is 11.5 Å². The Kier molecular flexibility index (Phi) is 9.89. The minimum atomic E-state index is -3.86. The molecule has 6 rings (SSSR count). The fourth-order valence-corrected chi connectivity index (χ4v) is 8.05. The maximum Gasteiger partial charge on any atom is 0.331 e. The highest BCUT2D eigenvalue weighted by molar-refractivity contribution is 7.89. The zero-order valence-electron chi connectivity index (χ0n) is 26.5. The van der Waals surface area contributed by atoms with Gasteiger partial charge in [-0.15, -0.1) is 0 Å². The highest BCUT2D eigenvalue weighted by atomic mass is 32.2. The van der Waals surface area contributed by atoms with E-state index in [4.69, 9.17) is 9.47 Å². The molecule has 0 bridgehead atoms. The Morgan fingerprint density at radius 2 is 1.45 bits per heavy atom. The summed E-state index contributed by atoms with van der Waals surface area (Å²) in [4.78, 5) is 28.5. The fraction of sp³-hybridized carbons (Fsp3) is 0.297. The third kappa shape index (κ3) is 7.03. The van der Waals surface area contributed by atoms with E-state index in [1.54, 1.807) is 72.1 Å². The van der Waals surface area contributed by atoms with Crippen LogP contribution in [-0.4, -0.2) is 41.6 Å². The molecule has 0 radical (unpaired) electrons. The summed E-state index contributed by atoms with van der Waals surface area (Å²) >= 11 is 0. The number of sulfonamides is 1. The SMILES string of the molecule is COc1ccc(Cn2c(=O)c3cccc(OCc4ccccc4)c3n(CCN(C3CCCCC3)S(=O)(=O)c3ccccc3)c2=O)cc1. The first kappa shape index (κ1) is 32.3. The molecule has 1 heterocycles. The van der Waals surface area contributed by atoms with Crippen LogP contribution in [0.15, 0.2) is 118 Å². The summed E-state index contributed by atoms with van der Waals surface area (Å²) in [6.45, 7) is 0.373. The average Bonchev–Trinajstić information content (AvgIpc) is 3.12. The van der Waals surface area contributed by atoms with Crippen molar-refractivity contribution in [1.82, 2.24) is 13.4 Å². The monoisotopic (exact) mass is 653 g/mol. The van der Waals surface area contributed by atoms with E-state index >= 15 is 0 Å². The molecule has 0 atom stereocenters. The molecule has 0 spiro atoms. The molecule has 5 aromatic rings. The number of hydrogen-bond acceptors (Lipinski definition) is 6. The van der Waals surface area contributed by atoms with Crippen molar-refractivity contribution < 1.29 is 17.9 Å². The normalized spacial score (nSPS) is 14.0. The van der Waals surface area contributed by atoms with Gasteiger partial charge in [-0.2, -0.15) is 4.31 Å². The number of rotatable bonds is 12. The smallest absolute Gasteiger partial charge is 0.331 e. The molecule has 47 heavy (non-hydrogen) atoms. The second kappa shape index (κ2) is 14.4. The molecule has 244 valence electrons. The fourth-order valence-electron chi connectivity index (χ4n) is 6.35. The van der Waals surface area contributed by atoms with Crippen LogP contribution >= 0.6 is 0 Å². The zero-order valence-corrected chi connectivity index (χ0v) is 27.3. The second-order valence-corrected chi connectivity index (χ2v) is 13.7. The Labute approximate surface area is 274 Å². The Bertz CT molecular complexity index is 2040. The largest absolute Gasteiger partial charge is 0.497 e. The lowest BCUT2D eigenvalue weighted by Gasteiger charge is -2.33. The number of para-hydroxylation sites is 1. The third-order valence-electron chi connectivity index (χ3n) is 8.82. The van der Waals surface area contributed by atoms with Crippen molar-refractivity contribution >= 4 is 20.9 Å². The summed E-state index contributed by atoms with van der Waals surface area (Å²) in [6, 6.07) is 30.3. The van der Waals surface area contributed by atoms with Crippen LogP contribution in [0.5, 0.6) is 11.5 Å². The standard InChI is InChI=1S/C37H39N3O6S/c1-45-31-22-20-28(21-23-31)26-39-36(41)33-18-11-19-34(46-27-29-12-5-2-6-13-29)35(33)38(37(39)42)24-25-40(30-14-7-3-8-15-30)47(43,44)32-16-9-4-10-17-32/h2,4-6,9-13,16-23,30H,3,7-8,14-15,24-27H2,1H3. The number of nitrogens with zero attached hydrogens (tertiary/aromatic N) is 3. The Balaban J connectivity index is 1.45. The molecular weight excluding hydrogens is 614 g/mol. The number of fused-ring (bicyclic) bond motifs is 1. The van der Waals surface area contributed by atoms with Gasteiger partial charge in [0.15, 0.2) is 0 Å². The number of ether oxygens (including phenoxy) is 2. The van der Waals surface area contributed by atoms with Gasteiger partial charge in [0.05, 0.1) is 23.9 Å². The molecule has 10 heteroatoms. The van der Waals surface area contributed by atoms with Gasteiger partial charge < -0.3 is 9.47 Å². The second-order valence-electron chi connectivity index (χ2n) is 11.8. The predicted octanol–water partition coefficient (Wildman–Crippen LogP) is 5.82. The van der Waals surface area contributed by atoms with Crippen LogP contribution < -0.4 is 20.7 Å². The highest BCUT2D eigenvalue weighted by Gasteiger charge is 2.32. The van der Waals surface area contributed by atoms with Crippen LogP contribution in [0.2, 0.25) is 0 Å². The first-order chi connectivity index (χ1) is 22.9. The van der Waals surface area contributed by atoms with Crippen LogP contribution in [0.3, 0.4) is 0 Å². The highest BCUT2D eigenvalue weighted by Crippen LogP contribution is 2.29. The minimum absolute atomic E-state index is 0.0342. The lowest BCUT2D eigenvalue weighted by Crippen LogP contribution is -2.46. The molecule has 0 N–H and O–H groups in total. The van der Waals surface area contributed by atoms with E-state index in [-0.39, 0.29) is 37.2 Å². The van der Waals surface area contributed by atoms with Gasteiger partial charge in [0, 0.05) is 19.1 Å². The van der Waals surface area contributed by atoms with E-state index in [0.717, 1.165) is 43.2 Å². The van der Waals surface area contributed by atoms with Crippen molar-refractivity contribution in [3.63, 3.8) is 0 Å². The van der Waals surface area contributed by atoms with Crippen LogP contribution in [0, 0.1) is 0 Å². The molecular formula is C37H39N3O6S. The van der Waals surface area contributed by atoms with Gasteiger partial charge in [-0.25, -0.2) is 13.2 Å². The summed E-state index contributed by atoms with van der Waals surface area (Å²) in [5, 5.41) is 0.318. The first-order valence-electron chi connectivity index (χ1n) is 16.0. The molecule has 9 nitrogen and oxygen atoms in total. The Morgan fingerprint density at radius 1 is 0.766 bits per heavy atom. The lowest BCUT2D eigenvalue weighted by molar-refractivity contribution is 0.245. The molecule has 1 aromatic heterocycles. The van der Waals surface area contributed by atoms with Gasteiger partial charge in [-0.3, -0.25) is 13.9 Å². The molecule has 0 unspecified atom stereocenters. The van der Waals surface area contributed by atoms with Gasteiger partial charge in [0.2, 0.25) is 10.0 Å². The molecule has 0 amide bonds. The topological polar surface area (TPSA) is 99.8 Å². The van der Waals surface area contributed by atoms with Crippen LogP contribution in [-0.2, 0) is 29.7 Å². The summed E-state index contributed by atoms with van der Waals surface area (Å²) in [5.74, 6) is 1.05. The third-order valence-corrected chi connectivity index (χ3v) is 10.8. The molecule has 1 saturated carbocycles. The van der Waals surface area contributed by atoms with E-state index in [0.29, 0.717) is 22.4 Å². The molecule has 0 saturated heterocycles. The summed E-state index contributed by atoms with van der Waals surface area (Å²) in [6.07, 6.45) is 4.46. The average molecular weight is 654 g/mol. The zero-order chi connectivity index (χ0) is 32.8. The molecule has 1 aliphatic carbocycles. The number of methoxy groups -OCH3 is 1. The van der Waals surface area contributed by atoms with Gasteiger partial charge in [0.1, 0.15) is 23.6 Å². The van der Waals surface area contributed by atoms with Crippen molar-refractivity contribution in [2.24, 2.45) is 0 Å². The quantitative estimate of drug-likeness (QED) is 0.168.